The second-order valence-electron chi connectivity index (χ2n) is 5.04. The number of hydrogen-bond acceptors (Lipinski definition) is 5. The fourth-order valence-corrected chi connectivity index (χ4v) is 2.02. The van der Waals surface area contributed by atoms with Crippen LogP contribution in [0.15, 0.2) is 35.6 Å². The van der Waals surface area contributed by atoms with E-state index < -0.39 is 0 Å². The number of ether oxygens (including phenoxy) is 1. The van der Waals surface area contributed by atoms with E-state index in [0.29, 0.717) is 24.6 Å². The Hall–Kier alpha value is -2.17. The topological polar surface area (TPSA) is 93.4 Å². The van der Waals surface area contributed by atoms with Crippen LogP contribution in [0.4, 0.5) is 0 Å². The third kappa shape index (κ3) is 6.33. The highest BCUT2D eigenvalue weighted by Gasteiger charge is 2.05. The first-order valence-electron chi connectivity index (χ1n) is 7.66. The van der Waals surface area contributed by atoms with E-state index in [-0.39, 0.29) is 29.9 Å². The number of rotatable bonds is 6. The number of hydrogen-bond donors (Lipinski definition) is 2. The predicted molar refractivity (Wildman–Crippen MR) is 106 cm³/mol. The van der Waals surface area contributed by atoms with E-state index >= 15 is 0 Å². The minimum atomic E-state index is -0.344. The zero-order valence-corrected chi connectivity index (χ0v) is 16.9. The molecule has 0 saturated carbocycles. The number of esters is 1. The first-order chi connectivity index (χ1) is 11.6. The molecule has 1 heterocycles. The molecule has 0 spiro atoms. The molecule has 0 aliphatic heterocycles. The molecule has 0 amide bonds. The lowest BCUT2D eigenvalue weighted by atomic mass is 10.1. The van der Waals surface area contributed by atoms with E-state index in [4.69, 9.17) is 0 Å². The third-order valence-corrected chi connectivity index (χ3v) is 3.36. The number of aryl methyl sites for hydroxylation is 1. The first-order valence-corrected chi connectivity index (χ1v) is 7.66. The molecule has 136 valence electrons. The molecule has 2 rings (SSSR count). The van der Waals surface area contributed by atoms with Crippen LogP contribution < -0.4 is 10.6 Å². The van der Waals surface area contributed by atoms with E-state index in [9.17, 15) is 4.79 Å². The molecule has 0 fully saturated rings. The number of nitrogens with zero attached hydrogens (tertiary/aromatic N) is 4. The van der Waals surface area contributed by atoms with Crippen LogP contribution in [0.5, 0.6) is 0 Å². The maximum Gasteiger partial charge on any atom is 0.337 e. The standard InChI is InChI=1S/C16H22N6O2.HI/c1-4-17-16(19-10-14-20-11-21-22(14)2)18-9-12-5-7-13(8-6-12)15(23)24-3;/h5-8,11H,4,9-10H2,1-3H3,(H2,17,18,19);1H. The number of halogens is 1. The highest BCUT2D eigenvalue weighted by atomic mass is 127. The molecule has 0 unspecified atom stereocenters. The van der Waals surface area contributed by atoms with Gasteiger partial charge in [-0.15, -0.1) is 24.0 Å². The molecule has 0 aliphatic rings. The number of guanidine groups is 1. The average Bonchev–Trinajstić information content (AvgIpc) is 3.02. The Balaban J connectivity index is 0.00000312. The van der Waals surface area contributed by atoms with Gasteiger partial charge in [-0.2, -0.15) is 5.10 Å². The van der Waals surface area contributed by atoms with Crippen LogP contribution in [0.1, 0.15) is 28.7 Å². The van der Waals surface area contributed by atoms with Crippen molar-refractivity contribution in [3.8, 4) is 0 Å². The van der Waals surface area contributed by atoms with Gasteiger partial charge in [-0.25, -0.2) is 14.8 Å². The largest absolute Gasteiger partial charge is 0.465 e. The molecule has 25 heavy (non-hydrogen) atoms. The van der Waals surface area contributed by atoms with Gasteiger partial charge in [0.1, 0.15) is 12.2 Å². The van der Waals surface area contributed by atoms with E-state index in [1.807, 2.05) is 26.1 Å². The number of aliphatic imine (C=N–C) groups is 1. The molecule has 0 saturated heterocycles. The molecule has 0 radical (unpaired) electrons. The molecule has 1 aromatic heterocycles. The van der Waals surface area contributed by atoms with Gasteiger partial charge in [0.25, 0.3) is 0 Å². The van der Waals surface area contributed by atoms with E-state index in [1.165, 1.54) is 13.4 Å². The molecule has 0 bridgehead atoms. The number of carbonyl (C=O) groups excluding carboxylic acids is 1. The molecule has 2 N–H and O–H groups in total. The quantitative estimate of drug-likeness (QED) is 0.295. The van der Waals surface area contributed by atoms with Gasteiger partial charge in [-0.05, 0) is 24.6 Å². The van der Waals surface area contributed by atoms with Crippen molar-refractivity contribution in [1.82, 2.24) is 25.4 Å². The number of carbonyl (C=O) groups is 1. The maximum atomic E-state index is 11.4. The Morgan fingerprint density at radius 2 is 2.00 bits per heavy atom. The third-order valence-electron chi connectivity index (χ3n) is 3.36. The molecule has 2 aromatic rings. The van der Waals surface area contributed by atoms with Gasteiger partial charge in [0.15, 0.2) is 5.96 Å². The fraction of sp³-hybridized carbons (Fsp3) is 0.375. The van der Waals surface area contributed by atoms with Crippen LogP contribution in [0.3, 0.4) is 0 Å². The Morgan fingerprint density at radius 1 is 1.28 bits per heavy atom. The van der Waals surface area contributed by atoms with Crippen molar-refractivity contribution in [2.75, 3.05) is 13.7 Å². The highest BCUT2D eigenvalue weighted by molar-refractivity contribution is 14.0. The van der Waals surface area contributed by atoms with Gasteiger partial charge in [-0.1, -0.05) is 12.1 Å². The first kappa shape index (κ1) is 20.9. The number of methoxy groups -OCH3 is 1. The highest BCUT2D eigenvalue weighted by Crippen LogP contribution is 2.07. The van der Waals surface area contributed by atoms with Crippen LogP contribution >= 0.6 is 24.0 Å². The Morgan fingerprint density at radius 3 is 2.56 bits per heavy atom. The summed E-state index contributed by atoms with van der Waals surface area (Å²) in [6, 6.07) is 7.19. The van der Waals surface area contributed by atoms with Crippen molar-refractivity contribution in [1.29, 1.82) is 0 Å². The minimum absolute atomic E-state index is 0. The Bertz CT molecular complexity index is 699. The predicted octanol–water partition coefficient (Wildman–Crippen LogP) is 1.47. The molecule has 1 aromatic carbocycles. The smallest absolute Gasteiger partial charge is 0.337 e. The second kappa shape index (κ2) is 10.6. The molecule has 9 heteroatoms. The normalized spacial score (nSPS) is 10.8. The van der Waals surface area contributed by atoms with Crippen LogP contribution in [0.25, 0.3) is 0 Å². The summed E-state index contributed by atoms with van der Waals surface area (Å²) < 4.78 is 6.39. The summed E-state index contributed by atoms with van der Waals surface area (Å²) in [6.45, 7) is 3.79. The summed E-state index contributed by atoms with van der Waals surface area (Å²) >= 11 is 0. The van der Waals surface area contributed by atoms with Crippen molar-refractivity contribution < 1.29 is 9.53 Å². The fourth-order valence-electron chi connectivity index (χ4n) is 2.02. The number of benzene rings is 1. The van der Waals surface area contributed by atoms with Gasteiger partial charge in [0, 0.05) is 13.6 Å². The monoisotopic (exact) mass is 458 g/mol. The minimum Gasteiger partial charge on any atom is -0.465 e. The summed E-state index contributed by atoms with van der Waals surface area (Å²) in [6.07, 6.45) is 1.52. The molecular formula is C16H23IN6O2. The summed E-state index contributed by atoms with van der Waals surface area (Å²) in [4.78, 5) is 20.1. The van der Waals surface area contributed by atoms with Crippen LogP contribution in [-0.4, -0.2) is 40.3 Å². The van der Waals surface area contributed by atoms with Gasteiger partial charge >= 0.3 is 5.97 Å². The average molecular weight is 458 g/mol. The van der Waals surface area contributed by atoms with Crippen molar-refractivity contribution in [2.24, 2.45) is 12.0 Å². The second-order valence-corrected chi connectivity index (χ2v) is 5.04. The molecule has 8 nitrogen and oxygen atoms in total. The molecular weight excluding hydrogens is 435 g/mol. The maximum absolute atomic E-state index is 11.4. The Kier molecular flexibility index (Phi) is 8.89. The SMILES string of the molecule is CCNC(=NCc1ccc(C(=O)OC)cc1)NCc1ncnn1C.I. The molecule has 0 atom stereocenters. The van der Waals surface area contributed by atoms with E-state index in [2.05, 4.69) is 30.4 Å². The van der Waals surface area contributed by atoms with Crippen molar-refractivity contribution in [2.45, 2.75) is 20.0 Å². The lowest BCUT2D eigenvalue weighted by Gasteiger charge is -2.11. The Labute approximate surface area is 164 Å². The van der Waals surface area contributed by atoms with Crippen LogP contribution in [-0.2, 0) is 24.9 Å². The van der Waals surface area contributed by atoms with Crippen molar-refractivity contribution in [3.05, 3.63) is 47.5 Å². The van der Waals surface area contributed by atoms with Gasteiger partial charge in [0.2, 0.25) is 0 Å². The van der Waals surface area contributed by atoms with Crippen LogP contribution in [0.2, 0.25) is 0 Å². The van der Waals surface area contributed by atoms with Gasteiger partial charge in [0.05, 0.1) is 25.8 Å². The number of nitrogens with one attached hydrogen (secondary N) is 2. The summed E-state index contributed by atoms with van der Waals surface area (Å²) in [5.74, 6) is 1.17. The van der Waals surface area contributed by atoms with E-state index in [1.54, 1.807) is 16.8 Å². The summed E-state index contributed by atoms with van der Waals surface area (Å²) in [5, 5.41) is 10.4. The van der Waals surface area contributed by atoms with Gasteiger partial charge in [-0.3, -0.25) is 4.68 Å². The zero-order valence-electron chi connectivity index (χ0n) is 14.5. The summed E-state index contributed by atoms with van der Waals surface area (Å²) in [7, 11) is 3.21. The van der Waals surface area contributed by atoms with E-state index in [0.717, 1.165) is 17.9 Å². The summed E-state index contributed by atoms with van der Waals surface area (Å²) in [5.41, 5.74) is 1.52. The van der Waals surface area contributed by atoms with Gasteiger partial charge < -0.3 is 15.4 Å². The van der Waals surface area contributed by atoms with Crippen molar-refractivity contribution >= 4 is 35.9 Å². The lowest BCUT2D eigenvalue weighted by molar-refractivity contribution is 0.0600. The molecule has 0 aliphatic carbocycles. The number of aromatic nitrogens is 3. The zero-order chi connectivity index (χ0) is 17.4. The van der Waals surface area contributed by atoms with Crippen LogP contribution in [0, 0.1) is 0 Å². The lowest BCUT2D eigenvalue weighted by Crippen LogP contribution is -2.37. The van der Waals surface area contributed by atoms with Crippen molar-refractivity contribution in [3.63, 3.8) is 0 Å².